The lowest BCUT2D eigenvalue weighted by Gasteiger charge is -2.26. The van der Waals surface area contributed by atoms with Crippen LogP contribution in [0.2, 0.25) is 0 Å². The predicted molar refractivity (Wildman–Crippen MR) is 107 cm³/mol. The number of carbonyl (C=O) groups excluding carboxylic acids is 2. The molecule has 154 valence electrons. The summed E-state index contributed by atoms with van der Waals surface area (Å²) in [6.07, 6.45) is 0.854. The van der Waals surface area contributed by atoms with Gasteiger partial charge in [-0.05, 0) is 36.2 Å². The molecule has 1 fully saturated rings. The Bertz CT molecular complexity index is 983. The SMILES string of the molecule is CCc1ccc(C(=O)NNC(=O)c2ccccc2S(=O)(=O)N2CCOCC2)cc1. The molecule has 0 unspecified atom stereocenters. The molecule has 0 atom stereocenters. The molecule has 0 aliphatic carbocycles. The Balaban J connectivity index is 1.73. The first-order valence-electron chi connectivity index (χ1n) is 9.30. The van der Waals surface area contributed by atoms with Crippen molar-refractivity contribution in [3.8, 4) is 0 Å². The number of hydrazine groups is 1. The van der Waals surface area contributed by atoms with Crippen molar-refractivity contribution in [2.75, 3.05) is 26.3 Å². The Morgan fingerprint density at radius 1 is 0.966 bits per heavy atom. The van der Waals surface area contributed by atoms with Gasteiger partial charge < -0.3 is 4.74 Å². The molecule has 1 saturated heterocycles. The summed E-state index contributed by atoms with van der Waals surface area (Å²) in [5.41, 5.74) is 6.06. The van der Waals surface area contributed by atoms with E-state index in [0.29, 0.717) is 18.8 Å². The molecule has 0 aromatic heterocycles. The molecule has 9 heteroatoms. The highest BCUT2D eigenvalue weighted by Crippen LogP contribution is 2.21. The lowest BCUT2D eigenvalue weighted by molar-refractivity contribution is 0.0729. The number of hydrogen-bond donors (Lipinski definition) is 2. The van der Waals surface area contributed by atoms with Crippen molar-refractivity contribution in [2.24, 2.45) is 0 Å². The number of nitrogens with one attached hydrogen (secondary N) is 2. The van der Waals surface area contributed by atoms with Crippen molar-refractivity contribution in [1.29, 1.82) is 0 Å². The fourth-order valence-corrected chi connectivity index (χ4v) is 4.55. The first-order chi connectivity index (χ1) is 13.9. The largest absolute Gasteiger partial charge is 0.379 e. The fourth-order valence-electron chi connectivity index (χ4n) is 2.95. The zero-order chi connectivity index (χ0) is 20.9. The van der Waals surface area contributed by atoms with Gasteiger partial charge in [0.2, 0.25) is 10.0 Å². The molecule has 0 radical (unpaired) electrons. The van der Waals surface area contributed by atoms with E-state index in [2.05, 4.69) is 10.9 Å². The number of morpholine rings is 1. The second-order valence-corrected chi connectivity index (χ2v) is 8.38. The fraction of sp³-hybridized carbons (Fsp3) is 0.300. The Hall–Kier alpha value is -2.75. The van der Waals surface area contributed by atoms with Gasteiger partial charge in [0.25, 0.3) is 11.8 Å². The molecule has 1 aliphatic heterocycles. The highest BCUT2D eigenvalue weighted by atomic mass is 32.2. The van der Waals surface area contributed by atoms with Gasteiger partial charge in [-0.2, -0.15) is 4.31 Å². The standard InChI is InChI=1S/C20H23N3O5S/c1-2-15-7-9-16(10-8-15)19(24)21-22-20(25)17-5-3-4-6-18(17)29(26,27)23-11-13-28-14-12-23/h3-10H,2,11-14H2,1H3,(H,21,24)(H,22,25). The van der Waals surface area contributed by atoms with Crippen LogP contribution in [0.25, 0.3) is 0 Å². The molecule has 1 heterocycles. The maximum atomic E-state index is 12.9. The first kappa shape index (κ1) is 21.0. The highest BCUT2D eigenvalue weighted by molar-refractivity contribution is 7.89. The molecule has 0 saturated carbocycles. The van der Waals surface area contributed by atoms with Crippen LogP contribution in [0.15, 0.2) is 53.4 Å². The van der Waals surface area contributed by atoms with Crippen LogP contribution in [0.5, 0.6) is 0 Å². The number of ether oxygens (including phenoxy) is 1. The van der Waals surface area contributed by atoms with Crippen LogP contribution in [0.4, 0.5) is 0 Å². The molecule has 2 N–H and O–H groups in total. The molecular formula is C20H23N3O5S. The van der Waals surface area contributed by atoms with Crippen LogP contribution >= 0.6 is 0 Å². The summed E-state index contributed by atoms with van der Waals surface area (Å²) in [6, 6.07) is 12.9. The van der Waals surface area contributed by atoms with Gasteiger partial charge in [-0.25, -0.2) is 8.42 Å². The van der Waals surface area contributed by atoms with E-state index in [1.54, 1.807) is 24.3 Å². The third-order valence-corrected chi connectivity index (χ3v) is 6.59. The summed E-state index contributed by atoms with van der Waals surface area (Å²) in [5, 5.41) is 0. The number of nitrogens with zero attached hydrogens (tertiary/aromatic N) is 1. The smallest absolute Gasteiger partial charge is 0.271 e. The summed E-state index contributed by atoms with van der Waals surface area (Å²) in [7, 11) is -3.86. The van der Waals surface area contributed by atoms with Gasteiger partial charge in [0.15, 0.2) is 0 Å². The molecule has 2 aromatic rings. The summed E-state index contributed by atoms with van der Waals surface area (Å²) in [4.78, 5) is 24.7. The van der Waals surface area contributed by atoms with Crippen molar-refractivity contribution in [3.05, 3.63) is 65.2 Å². The van der Waals surface area contributed by atoms with Gasteiger partial charge in [0, 0.05) is 18.7 Å². The molecule has 3 rings (SSSR count). The minimum atomic E-state index is -3.86. The Kier molecular flexibility index (Phi) is 6.63. The predicted octanol–water partition coefficient (Wildman–Crippen LogP) is 1.34. The minimum Gasteiger partial charge on any atom is -0.379 e. The van der Waals surface area contributed by atoms with Crippen molar-refractivity contribution in [1.82, 2.24) is 15.2 Å². The molecule has 0 spiro atoms. The lowest BCUT2D eigenvalue weighted by atomic mass is 10.1. The average Bonchev–Trinajstić information content (AvgIpc) is 2.77. The Morgan fingerprint density at radius 2 is 1.59 bits per heavy atom. The monoisotopic (exact) mass is 417 g/mol. The summed E-state index contributed by atoms with van der Waals surface area (Å²) < 4.78 is 32.4. The van der Waals surface area contributed by atoms with E-state index in [4.69, 9.17) is 4.74 Å². The van der Waals surface area contributed by atoms with Crippen LogP contribution in [0, 0.1) is 0 Å². The van der Waals surface area contributed by atoms with Gasteiger partial charge in [-0.1, -0.05) is 31.2 Å². The number of benzene rings is 2. The van der Waals surface area contributed by atoms with Crippen molar-refractivity contribution in [3.63, 3.8) is 0 Å². The van der Waals surface area contributed by atoms with Crippen LogP contribution in [0.3, 0.4) is 0 Å². The van der Waals surface area contributed by atoms with Crippen molar-refractivity contribution < 1.29 is 22.7 Å². The maximum Gasteiger partial charge on any atom is 0.271 e. The van der Waals surface area contributed by atoms with Crippen molar-refractivity contribution >= 4 is 21.8 Å². The zero-order valence-corrected chi connectivity index (χ0v) is 16.9. The number of aryl methyl sites for hydroxylation is 1. The van der Waals surface area contributed by atoms with Gasteiger partial charge >= 0.3 is 0 Å². The molecule has 2 aromatic carbocycles. The number of rotatable bonds is 5. The van der Waals surface area contributed by atoms with Crippen LogP contribution in [0.1, 0.15) is 33.2 Å². The lowest BCUT2D eigenvalue weighted by Crippen LogP contribution is -2.43. The third kappa shape index (κ3) is 4.81. The van der Waals surface area contributed by atoms with Crippen LogP contribution in [-0.2, 0) is 21.2 Å². The second-order valence-electron chi connectivity index (χ2n) is 6.47. The molecule has 0 bridgehead atoms. The van der Waals surface area contributed by atoms with E-state index in [9.17, 15) is 18.0 Å². The number of hydrogen-bond acceptors (Lipinski definition) is 5. The van der Waals surface area contributed by atoms with Gasteiger partial charge in [0.05, 0.1) is 23.7 Å². The quantitative estimate of drug-likeness (QED) is 0.715. The van der Waals surface area contributed by atoms with E-state index in [-0.39, 0.29) is 23.5 Å². The van der Waals surface area contributed by atoms with E-state index < -0.39 is 21.8 Å². The normalized spacial score (nSPS) is 14.9. The van der Waals surface area contributed by atoms with Gasteiger partial charge in [-0.3, -0.25) is 20.4 Å². The number of amides is 2. The summed E-state index contributed by atoms with van der Waals surface area (Å²) >= 11 is 0. The minimum absolute atomic E-state index is 0.0411. The molecule has 1 aliphatic rings. The summed E-state index contributed by atoms with van der Waals surface area (Å²) in [6.45, 7) is 3.07. The van der Waals surface area contributed by atoms with E-state index >= 15 is 0 Å². The maximum absolute atomic E-state index is 12.9. The van der Waals surface area contributed by atoms with Crippen LogP contribution < -0.4 is 10.9 Å². The molecule has 29 heavy (non-hydrogen) atoms. The molecular weight excluding hydrogens is 394 g/mol. The third-order valence-electron chi connectivity index (χ3n) is 4.63. The Labute approximate surface area is 169 Å². The average molecular weight is 417 g/mol. The highest BCUT2D eigenvalue weighted by Gasteiger charge is 2.30. The van der Waals surface area contributed by atoms with E-state index in [1.807, 2.05) is 19.1 Å². The Morgan fingerprint density at radius 3 is 2.24 bits per heavy atom. The number of carbonyl (C=O) groups is 2. The van der Waals surface area contributed by atoms with Gasteiger partial charge in [0.1, 0.15) is 0 Å². The van der Waals surface area contributed by atoms with Crippen LogP contribution in [-0.4, -0.2) is 50.8 Å². The number of sulfonamides is 1. The van der Waals surface area contributed by atoms with Crippen molar-refractivity contribution in [2.45, 2.75) is 18.2 Å². The van der Waals surface area contributed by atoms with E-state index in [1.165, 1.54) is 16.4 Å². The zero-order valence-electron chi connectivity index (χ0n) is 16.1. The van der Waals surface area contributed by atoms with E-state index in [0.717, 1.165) is 12.0 Å². The molecule has 2 amide bonds. The first-order valence-corrected chi connectivity index (χ1v) is 10.7. The molecule has 8 nitrogen and oxygen atoms in total. The summed E-state index contributed by atoms with van der Waals surface area (Å²) in [5.74, 6) is -1.20. The topological polar surface area (TPSA) is 105 Å². The van der Waals surface area contributed by atoms with Gasteiger partial charge in [-0.15, -0.1) is 0 Å². The second kappa shape index (κ2) is 9.17.